The van der Waals surface area contributed by atoms with Gasteiger partial charge in [-0.1, -0.05) is 0 Å². The van der Waals surface area contributed by atoms with Gasteiger partial charge in [0, 0.05) is 48.5 Å². The van der Waals surface area contributed by atoms with Crippen molar-refractivity contribution in [1.82, 2.24) is 9.47 Å². The van der Waals surface area contributed by atoms with Crippen molar-refractivity contribution in [2.75, 3.05) is 25.0 Å². The van der Waals surface area contributed by atoms with Crippen LogP contribution in [0.25, 0.3) is 10.9 Å². The molecule has 2 aromatic rings. The summed E-state index contributed by atoms with van der Waals surface area (Å²) in [5.41, 5.74) is 1.50. The molecule has 1 saturated carbocycles. The zero-order chi connectivity index (χ0) is 17.3. The van der Waals surface area contributed by atoms with E-state index < -0.39 is 5.97 Å². The first-order chi connectivity index (χ1) is 12.0. The Balaban J connectivity index is 1.65. The maximum atomic E-state index is 12.6. The van der Waals surface area contributed by atoms with E-state index in [0.29, 0.717) is 23.5 Å². The number of carboxylic acids is 1. The highest BCUT2D eigenvalue weighted by atomic mass is 16.4. The molecular formula is C19H21N3O3. The van der Waals surface area contributed by atoms with Gasteiger partial charge in [-0.25, -0.2) is 4.79 Å². The van der Waals surface area contributed by atoms with E-state index in [2.05, 4.69) is 22.9 Å². The number of anilines is 1. The third-order valence-corrected chi connectivity index (χ3v) is 6.03. The zero-order valence-electron chi connectivity index (χ0n) is 14.2. The number of aromatic nitrogens is 1. The van der Waals surface area contributed by atoms with E-state index in [9.17, 15) is 14.7 Å². The Morgan fingerprint density at radius 2 is 1.96 bits per heavy atom. The molecule has 5 rings (SSSR count). The average molecular weight is 339 g/mol. The first kappa shape index (κ1) is 15.0. The molecule has 0 spiro atoms. The molecule has 1 aromatic carbocycles. The van der Waals surface area contributed by atoms with Crippen molar-refractivity contribution in [3.63, 3.8) is 0 Å². The number of fused-ring (bicyclic) bond motifs is 3. The Morgan fingerprint density at radius 1 is 1.16 bits per heavy atom. The summed E-state index contributed by atoms with van der Waals surface area (Å²) in [7, 11) is 2.18. The zero-order valence-corrected chi connectivity index (χ0v) is 14.2. The van der Waals surface area contributed by atoms with E-state index >= 15 is 0 Å². The minimum atomic E-state index is -1.15. The summed E-state index contributed by atoms with van der Waals surface area (Å²) in [4.78, 5) is 28.8. The molecule has 2 saturated heterocycles. The molecule has 0 amide bonds. The van der Waals surface area contributed by atoms with E-state index in [4.69, 9.17) is 0 Å². The van der Waals surface area contributed by atoms with E-state index in [1.807, 2.05) is 16.7 Å². The maximum absolute atomic E-state index is 12.6. The van der Waals surface area contributed by atoms with Gasteiger partial charge < -0.3 is 14.6 Å². The number of carboxylic acid groups (broad SMARTS) is 1. The molecule has 1 N–H and O–H groups in total. The normalized spacial score (nSPS) is 25.9. The minimum absolute atomic E-state index is 0.131. The van der Waals surface area contributed by atoms with Gasteiger partial charge in [0.05, 0.1) is 5.52 Å². The second-order valence-electron chi connectivity index (χ2n) is 7.65. The molecule has 6 nitrogen and oxygen atoms in total. The number of nitrogens with zero attached hydrogens (tertiary/aromatic N) is 3. The van der Waals surface area contributed by atoms with E-state index in [0.717, 1.165) is 37.1 Å². The van der Waals surface area contributed by atoms with Gasteiger partial charge in [-0.2, -0.15) is 0 Å². The van der Waals surface area contributed by atoms with Crippen molar-refractivity contribution in [1.29, 1.82) is 0 Å². The predicted octanol–water partition coefficient (Wildman–Crippen LogP) is 1.93. The fourth-order valence-corrected chi connectivity index (χ4v) is 4.51. The summed E-state index contributed by atoms with van der Waals surface area (Å²) in [5, 5.41) is 9.86. The molecule has 6 heteroatoms. The quantitative estimate of drug-likeness (QED) is 0.926. The molecule has 2 atom stereocenters. The van der Waals surface area contributed by atoms with Crippen molar-refractivity contribution in [2.24, 2.45) is 0 Å². The van der Waals surface area contributed by atoms with Gasteiger partial charge in [-0.3, -0.25) is 9.69 Å². The predicted molar refractivity (Wildman–Crippen MR) is 95.6 cm³/mol. The number of aromatic carboxylic acids is 1. The van der Waals surface area contributed by atoms with Crippen molar-refractivity contribution in [3.8, 4) is 0 Å². The van der Waals surface area contributed by atoms with Gasteiger partial charge in [0.2, 0.25) is 5.43 Å². The number of pyridine rings is 1. The number of carbonyl (C=O) groups is 1. The topological polar surface area (TPSA) is 65.8 Å². The fourth-order valence-electron chi connectivity index (χ4n) is 4.51. The van der Waals surface area contributed by atoms with Crippen LogP contribution >= 0.6 is 0 Å². The molecule has 1 aliphatic carbocycles. The number of piperazine rings is 1. The van der Waals surface area contributed by atoms with Crippen LogP contribution in [0.1, 0.15) is 35.7 Å². The van der Waals surface area contributed by atoms with E-state index in [-0.39, 0.29) is 11.0 Å². The Morgan fingerprint density at radius 3 is 2.56 bits per heavy atom. The molecule has 0 radical (unpaired) electrons. The molecule has 25 heavy (non-hydrogen) atoms. The Labute approximate surface area is 145 Å². The highest BCUT2D eigenvalue weighted by Crippen LogP contribution is 2.39. The van der Waals surface area contributed by atoms with Gasteiger partial charge in [0.1, 0.15) is 5.56 Å². The highest BCUT2D eigenvalue weighted by Gasteiger charge is 2.41. The van der Waals surface area contributed by atoms with Crippen LogP contribution < -0.4 is 10.3 Å². The van der Waals surface area contributed by atoms with Crippen molar-refractivity contribution < 1.29 is 9.90 Å². The lowest BCUT2D eigenvalue weighted by Gasteiger charge is -2.33. The largest absolute Gasteiger partial charge is 0.477 e. The molecule has 1 aromatic heterocycles. The maximum Gasteiger partial charge on any atom is 0.341 e. The molecular weight excluding hydrogens is 318 g/mol. The standard InChI is InChI=1S/C19H21N3O3/c1-20-8-14-6-13(20)9-21(14)12-4-5-15-17(7-12)22(11-2-3-11)10-16(18(15)23)19(24)25/h4-5,7,10-11,13-14H,2-3,6,8-9H2,1H3,(H,24,25)/t13-,14-/m0/s1. The lowest BCUT2D eigenvalue weighted by molar-refractivity contribution is 0.0695. The van der Waals surface area contributed by atoms with Crippen LogP contribution in [0.3, 0.4) is 0 Å². The van der Waals surface area contributed by atoms with Crippen LogP contribution in [0.15, 0.2) is 29.2 Å². The third-order valence-electron chi connectivity index (χ3n) is 6.03. The number of likely N-dealkylation sites (N-methyl/N-ethyl adjacent to an activating group) is 1. The van der Waals surface area contributed by atoms with Crippen LogP contribution in [0.4, 0.5) is 5.69 Å². The number of hydrogen-bond acceptors (Lipinski definition) is 4. The molecule has 0 unspecified atom stereocenters. The van der Waals surface area contributed by atoms with Crippen LogP contribution in [0, 0.1) is 0 Å². The Bertz CT molecular complexity index is 945. The average Bonchev–Trinajstić information content (AvgIpc) is 3.25. The van der Waals surface area contributed by atoms with Crippen LogP contribution in [0.5, 0.6) is 0 Å². The molecule has 3 aliphatic rings. The number of benzene rings is 1. The summed E-state index contributed by atoms with van der Waals surface area (Å²) < 4.78 is 2.00. The van der Waals surface area contributed by atoms with Gasteiger partial charge >= 0.3 is 5.97 Å². The first-order valence-corrected chi connectivity index (χ1v) is 8.92. The second-order valence-corrected chi connectivity index (χ2v) is 7.65. The summed E-state index contributed by atoms with van der Waals surface area (Å²) in [6, 6.07) is 7.34. The molecule has 130 valence electrons. The lowest BCUT2D eigenvalue weighted by atomic mass is 10.1. The highest BCUT2D eigenvalue weighted by molar-refractivity contribution is 5.93. The van der Waals surface area contributed by atoms with Gasteiger partial charge in [-0.05, 0) is 44.5 Å². The number of hydrogen-bond donors (Lipinski definition) is 1. The Kier molecular flexibility index (Phi) is 3.04. The first-order valence-electron chi connectivity index (χ1n) is 8.92. The Hall–Kier alpha value is -2.34. The SMILES string of the molecule is CN1C[C@@H]2C[C@H]1CN2c1ccc2c(=O)c(C(=O)O)cn(C3CC3)c2c1. The summed E-state index contributed by atoms with van der Waals surface area (Å²) >= 11 is 0. The van der Waals surface area contributed by atoms with Gasteiger partial charge in [-0.15, -0.1) is 0 Å². The van der Waals surface area contributed by atoms with Crippen LogP contribution in [-0.4, -0.2) is 52.8 Å². The van der Waals surface area contributed by atoms with E-state index in [1.165, 1.54) is 6.42 Å². The summed E-state index contributed by atoms with van der Waals surface area (Å²) in [6.07, 6.45) is 4.82. The monoisotopic (exact) mass is 339 g/mol. The lowest BCUT2D eigenvalue weighted by Crippen LogP contribution is -2.44. The second kappa shape index (κ2) is 5.08. The molecule has 2 bridgehead atoms. The van der Waals surface area contributed by atoms with Crippen LogP contribution in [0.2, 0.25) is 0 Å². The summed E-state index contributed by atoms with van der Waals surface area (Å²) in [6.45, 7) is 2.10. The molecule has 3 fully saturated rings. The van der Waals surface area contributed by atoms with Crippen LogP contribution in [-0.2, 0) is 0 Å². The third kappa shape index (κ3) is 2.20. The molecule has 3 heterocycles. The minimum Gasteiger partial charge on any atom is -0.477 e. The smallest absolute Gasteiger partial charge is 0.341 e. The molecule has 2 aliphatic heterocycles. The van der Waals surface area contributed by atoms with Crippen molar-refractivity contribution in [3.05, 3.63) is 40.2 Å². The fraction of sp³-hybridized carbons (Fsp3) is 0.474. The summed E-state index contributed by atoms with van der Waals surface area (Å²) in [5.74, 6) is -1.15. The number of rotatable bonds is 3. The number of likely N-dealkylation sites (tertiary alicyclic amines) is 1. The van der Waals surface area contributed by atoms with Gasteiger partial charge in [0.25, 0.3) is 0 Å². The van der Waals surface area contributed by atoms with Crippen molar-refractivity contribution >= 4 is 22.6 Å². The van der Waals surface area contributed by atoms with Gasteiger partial charge in [0.15, 0.2) is 0 Å². The van der Waals surface area contributed by atoms with Crippen molar-refractivity contribution in [2.45, 2.75) is 37.4 Å². The van der Waals surface area contributed by atoms with E-state index in [1.54, 1.807) is 6.20 Å².